The van der Waals surface area contributed by atoms with Crippen LogP contribution < -0.4 is 0 Å². The smallest absolute Gasteiger partial charge is 0.123 e. The average Bonchev–Trinajstić information content (AvgIpc) is 2.14. The third kappa shape index (κ3) is 2.55. The van der Waals surface area contributed by atoms with Gasteiger partial charge in [0.15, 0.2) is 0 Å². The quantitative estimate of drug-likeness (QED) is 0.787. The molecule has 0 aliphatic heterocycles. The van der Waals surface area contributed by atoms with Gasteiger partial charge in [0.1, 0.15) is 5.82 Å². The van der Waals surface area contributed by atoms with Crippen molar-refractivity contribution in [3.63, 3.8) is 0 Å². The Bertz CT molecular complexity index is 289. The van der Waals surface area contributed by atoms with Crippen molar-refractivity contribution in [2.45, 2.75) is 33.3 Å². The highest BCUT2D eigenvalue weighted by molar-refractivity contribution is 5.25. The molecule has 0 aromatic heterocycles. The monoisotopic (exact) mass is 196 g/mol. The molecule has 0 aliphatic carbocycles. The maximum atomic E-state index is 13.0. The molecule has 0 bridgehead atoms. The highest BCUT2D eigenvalue weighted by Crippen LogP contribution is 2.25. The molecule has 1 N–H and O–H groups in total. The fourth-order valence-corrected chi connectivity index (χ4v) is 1.49. The molecule has 0 radical (unpaired) electrons. The van der Waals surface area contributed by atoms with E-state index < -0.39 is 6.10 Å². The van der Waals surface area contributed by atoms with E-state index in [1.54, 1.807) is 0 Å². The van der Waals surface area contributed by atoms with Gasteiger partial charge in [0.2, 0.25) is 0 Å². The molecule has 0 saturated carbocycles. The van der Waals surface area contributed by atoms with E-state index >= 15 is 0 Å². The van der Waals surface area contributed by atoms with Crippen LogP contribution in [0.4, 0.5) is 4.39 Å². The van der Waals surface area contributed by atoms with Crippen molar-refractivity contribution in [2.75, 3.05) is 0 Å². The van der Waals surface area contributed by atoms with E-state index in [4.69, 9.17) is 0 Å². The van der Waals surface area contributed by atoms with Gasteiger partial charge in [-0.05, 0) is 36.1 Å². The van der Waals surface area contributed by atoms with Gasteiger partial charge in [-0.25, -0.2) is 4.39 Å². The Morgan fingerprint density at radius 2 is 2.00 bits per heavy atom. The lowest BCUT2D eigenvalue weighted by Crippen LogP contribution is -2.08. The fourth-order valence-electron chi connectivity index (χ4n) is 1.49. The molecule has 1 rings (SSSR count). The molecule has 1 nitrogen and oxygen atoms in total. The Labute approximate surface area is 84.6 Å². The number of benzene rings is 1. The van der Waals surface area contributed by atoms with Gasteiger partial charge in [-0.3, -0.25) is 0 Å². The van der Waals surface area contributed by atoms with E-state index in [1.807, 2.05) is 26.8 Å². The van der Waals surface area contributed by atoms with E-state index in [-0.39, 0.29) is 11.7 Å². The van der Waals surface area contributed by atoms with Crippen molar-refractivity contribution in [3.8, 4) is 0 Å². The van der Waals surface area contributed by atoms with Crippen molar-refractivity contribution in [3.05, 3.63) is 35.1 Å². The number of hydrogen-bond donors (Lipinski definition) is 1. The second kappa shape index (κ2) is 4.56. The third-order valence-electron chi connectivity index (χ3n) is 2.59. The Hall–Kier alpha value is -0.890. The number of halogens is 1. The molecule has 78 valence electrons. The lowest BCUT2D eigenvalue weighted by molar-refractivity contribution is 0.115. The van der Waals surface area contributed by atoms with Gasteiger partial charge in [-0.15, -0.1) is 0 Å². The van der Waals surface area contributed by atoms with Gasteiger partial charge in [-0.1, -0.05) is 26.3 Å². The van der Waals surface area contributed by atoms with Crippen molar-refractivity contribution in [1.29, 1.82) is 0 Å². The normalized spacial score (nSPS) is 15.2. The molecule has 0 saturated heterocycles. The molecule has 0 aliphatic rings. The van der Waals surface area contributed by atoms with E-state index in [0.717, 1.165) is 12.0 Å². The first-order chi connectivity index (χ1) is 6.54. The molecule has 1 aromatic rings. The topological polar surface area (TPSA) is 20.2 Å². The maximum Gasteiger partial charge on any atom is 0.123 e. The first kappa shape index (κ1) is 11.2. The molecule has 0 fully saturated rings. The van der Waals surface area contributed by atoms with Crippen LogP contribution in [0.25, 0.3) is 0 Å². The highest BCUT2D eigenvalue weighted by Gasteiger charge is 2.15. The molecule has 14 heavy (non-hydrogen) atoms. The summed E-state index contributed by atoms with van der Waals surface area (Å²) in [6, 6.07) is 4.70. The molecular weight excluding hydrogens is 179 g/mol. The van der Waals surface area contributed by atoms with Crippen molar-refractivity contribution >= 4 is 0 Å². The van der Waals surface area contributed by atoms with Crippen LogP contribution in [0.15, 0.2) is 18.2 Å². The minimum Gasteiger partial charge on any atom is -0.388 e. The standard InChI is InChI=1S/C12H17FO/c1-4-9(3)12(14)10-5-8(2)6-11(13)7-10/h5-7,9,12,14H,4H2,1-3H3. The number of aryl methyl sites for hydroxylation is 1. The van der Waals surface area contributed by atoms with E-state index in [9.17, 15) is 9.50 Å². The molecule has 0 spiro atoms. The molecule has 2 atom stereocenters. The van der Waals surface area contributed by atoms with Crippen LogP contribution in [0.5, 0.6) is 0 Å². The largest absolute Gasteiger partial charge is 0.388 e. The highest BCUT2D eigenvalue weighted by atomic mass is 19.1. The number of aliphatic hydroxyl groups excluding tert-OH is 1. The summed E-state index contributed by atoms with van der Waals surface area (Å²) in [7, 11) is 0. The molecule has 2 heteroatoms. The first-order valence-corrected chi connectivity index (χ1v) is 4.99. The second-order valence-electron chi connectivity index (χ2n) is 3.89. The van der Waals surface area contributed by atoms with Crippen LogP contribution in [0.2, 0.25) is 0 Å². The zero-order chi connectivity index (χ0) is 10.7. The van der Waals surface area contributed by atoms with Gasteiger partial charge in [0.25, 0.3) is 0 Å². The molecular formula is C12H17FO. The number of rotatable bonds is 3. The van der Waals surface area contributed by atoms with Gasteiger partial charge in [-0.2, -0.15) is 0 Å². The van der Waals surface area contributed by atoms with Crippen LogP contribution in [-0.2, 0) is 0 Å². The maximum absolute atomic E-state index is 13.0. The summed E-state index contributed by atoms with van der Waals surface area (Å²) < 4.78 is 13.0. The summed E-state index contributed by atoms with van der Waals surface area (Å²) in [5.41, 5.74) is 1.53. The number of hydrogen-bond acceptors (Lipinski definition) is 1. The van der Waals surface area contributed by atoms with E-state index in [0.29, 0.717) is 5.56 Å². The molecule has 0 heterocycles. The van der Waals surface area contributed by atoms with Gasteiger partial charge in [0, 0.05) is 0 Å². The van der Waals surface area contributed by atoms with E-state index in [1.165, 1.54) is 12.1 Å². The summed E-state index contributed by atoms with van der Waals surface area (Å²) in [5, 5.41) is 9.87. The lowest BCUT2D eigenvalue weighted by Gasteiger charge is -2.17. The second-order valence-corrected chi connectivity index (χ2v) is 3.89. The van der Waals surface area contributed by atoms with Crippen LogP contribution in [-0.4, -0.2) is 5.11 Å². The minimum absolute atomic E-state index is 0.163. The van der Waals surface area contributed by atoms with E-state index in [2.05, 4.69) is 0 Å². The summed E-state index contributed by atoms with van der Waals surface area (Å²) in [6.45, 7) is 5.81. The minimum atomic E-state index is -0.561. The van der Waals surface area contributed by atoms with Crippen LogP contribution in [0.3, 0.4) is 0 Å². The summed E-state index contributed by atoms with van der Waals surface area (Å²) in [4.78, 5) is 0. The van der Waals surface area contributed by atoms with Crippen molar-refractivity contribution in [1.82, 2.24) is 0 Å². The predicted octanol–water partition coefficient (Wildman–Crippen LogP) is 3.21. The molecule has 2 unspecified atom stereocenters. The molecule has 0 amide bonds. The average molecular weight is 196 g/mol. The van der Waals surface area contributed by atoms with Crippen LogP contribution >= 0.6 is 0 Å². The SMILES string of the molecule is CCC(C)C(O)c1cc(C)cc(F)c1. The van der Waals surface area contributed by atoms with Gasteiger partial charge in [0.05, 0.1) is 6.10 Å². The van der Waals surface area contributed by atoms with Crippen LogP contribution in [0, 0.1) is 18.7 Å². The van der Waals surface area contributed by atoms with Gasteiger partial charge >= 0.3 is 0 Å². The third-order valence-corrected chi connectivity index (χ3v) is 2.59. The lowest BCUT2D eigenvalue weighted by atomic mass is 9.94. The Morgan fingerprint density at radius 1 is 1.36 bits per heavy atom. The van der Waals surface area contributed by atoms with Crippen molar-refractivity contribution < 1.29 is 9.50 Å². The summed E-state index contributed by atoms with van der Waals surface area (Å²) in [6.07, 6.45) is 0.325. The summed E-state index contributed by atoms with van der Waals surface area (Å²) in [5.74, 6) is -0.112. The zero-order valence-corrected chi connectivity index (χ0v) is 8.92. The Morgan fingerprint density at radius 3 is 2.50 bits per heavy atom. The predicted molar refractivity (Wildman–Crippen MR) is 55.6 cm³/mol. The fraction of sp³-hybridized carbons (Fsp3) is 0.500. The zero-order valence-electron chi connectivity index (χ0n) is 8.92. The first-order valence-electron chi connectivity index (χ1n) is 4.99. The molecule has 1 aromatic carbocycles. The van der Waals surface area contributed by atoms with Gasteiger partial charge < -0.3 is 5.11 Å². The summed E-state index contributed by atoms with van der Waals surface area (Å²) >= 11 is 0. The van der Waals surface area contributed by atoms with Crippen LogP contribution in [0.1, 0.15) is 37.5 Å². The Kier molecular flexibility index (Phi) is 3.64. The Balaban J connectivity index is 2.94. The van der Waals surface area contributed by atoms with Crippen molar-refractivity contribution in [2.24, 2.45) is 5.92 Å². The number of aliphatic hydroxyl groups is 1.